The molecule has 5 nitrogen and oxygen atoms in total. The monoisotopic (exact) mass is 291 g/mol. The van der Waals surface area contributed by atoms with Crippen molar-refractivity contribution in [2.24, 2.45) is 0 Å². The maximum Gasteiger partial charge on any atom is 0.241 e. The molecule has 0 aliphatic carbocycles. The Balaban J connectivity index is 3.09. The topological polar surface area (TPSA) is 75.6 Å². The summed E-state index contributed by atoms with van der Waals surface area (Å²) < 4.78 is 44.8. The van der Waals surface area contributed by atoms with Crippen LogP contribution in [0.15, 0.2) is 23.1 Å². The van der Waals surface area contributed by atoms with Crippen LogP contribution in [0, 0.1) is 5.82 Å². The van der Waals surface area contributed by atoms with E-state index >= 15 is 0 Å². The third-order valence-electron chi connectivity index (χ3n) is 2.67. The van der Waals surface area contributed by atoms with Crippen molar-refractivity contribution in [1.82, 2.24) is 4.72 Å². The second-order valence-electron chi connectivity index (χ2n) is 4.09. The van der Waals surface area contributed by atoms with E-state index in [0.29, 0.717) is 6.42 Å². The van der Waals surface area contributed by atoms with Crippen LogP contribution >= 0.6 is 0 Å². The molecule has 1 rings (SSSR count). The Labute approximate surface area is 112 Å². The predicted molar refractivity (Wildman–Crippen MR) is 68.6 cm³/mol. The van der Waals surface area contributed by atoms with Crippen LogP contribution in [0.4, 0.5) is 4.39 Å². The first kappa shape index (κ1) is 16.0. The average molecular weight is 291 g/mol. The molecule has 2 N–H and O–H groups in total. The molecule has 1 aromatic rings. The molecule has 1 aromatic carbocycles. The fraction of sp³-hybridized carbons (Fsp3) is 0.500. The third-order valence-corrected chi connectivity index (χ3v) is 4.27. The Hall–Kier alpha value is -1.02. The Morgan fingerprint density at radius 3 is 2.68 bits per heavy atom. The molecule has 1 unspecified atom stereocenters. The van der Waals surface area contributed by atoms with Crippen molar-refractivity contribution in [2.45, 2.75) is 30.9 Å². The standard InChI is InChI=1S/C12H18FNO4S/c1-3-11(8-18-2)14-19(16,17)12-6-10(13)5-4-9(12)7-15/h4-6,11,14-15H,3,7-8H2,1-2H3. The van der Waals surface area contributed by atoms with Gasteiger partial charge in [-0.25, -0.2) is 17.5 Å². The minimum absolute atomic E-state index is 0.154. The fourth-order valence-electron chi connectivity index (χ4n) is 1.63. The van der Waals surface area contributed by atoms with E-state index in [1.165, 1.54) is 13.2 Å². The van der Waals surface area contributed by atoms with Crippen molar-refractivity contribution in [3.8, 4) is 0 Å². The Morgan fingerprint density at radius 1 is 1.47 bits per heavy atom. The Kier molecular flexibility index (Phi) is 5.86. The molecule has 0 saturated carbocycles. The maximum absolute atomic E-state index is 13.2. The maximum atomic E-state index is 13.2. The van der Waals surface area contributed by atoms with Crippen LogP contribution in [0.25, 0.3) is 0 Å². The second kappa shape index (κ2) is 6.95. The van der Waals surface area contributed by atoms with E-state index in [4.69, 9.17) is 9.84 Å². The number of aliphatic hydroxyl groups excluding tert-OH is 1. The first-order valence-electron chi connectivity index (χ1n) is 5.85. The van der Waals surface area contributed by atoms with Gasteiger partial charge in [0.05, 0.1) is 18.1 Å². The van der Waals surface area contributed by atoms with Crippen LogP contribution in [0.1, 0.15) is 18.9 Å². The summed E-state index contributed by atoms with van der Waals surface area (Å²) in [6.07, 6.45) is 0.539. The summed E-state index contributed by atoms with van der Waals surface area (Å²) in [4.78, 5) is -0.246. The molecule has 0 fully saturated rings. The highest BCUT2D eigenvalue weighted by molar-refractivity contribution is 7.89. The number of hydrogen-bond donors (Lipinski definition) is 2. The van der Waals surface area contributed by atoms with Crippen molar-refractivity contribution in [1.29, 1.82) is 0 Å². The van der Waals surface area contributed by atoms with Crippen molar-refractivity contribution >= 4 is 10.0 Å². The van der Waals surface area contributed by atoms with Gasteiger partial charge in [-0.1, -0.05) is 13.0 Å². The molecule has 7 heteroatoms. The molecule has 0 bridgehead atoms. The average Bonchev–Trinajstić information content (AvgIpc) is 2.38. The summed E-state index contributed by atoms with van der Waals surface area (Å²) in [5.74, 6) is -0.669. The smallest absolute Gasteiger partial charge is 0.241 e. The van der Waals surface area contributed by atoms with E-state index in [1.54, 1.807) is 0 Å². The largest absolute Gasteiger partial charge is 0.392 e. The number of rotatable bonds is 7. The first-order valence-corrected chi connectivity index (χ1v) is 7.33. The van der Waals surface area contributed by atoms with Crippen LogP contribution in [-0.4, -0.2) is 33.3 Å². The van der Waals surface area contributed by atoms with Gasteiger partial charge in [-0.15, -0.1) is 0 Å². The number of aliphatic hydroxyl groups is 1. The molecule has 0 amide bonds. The lowest BCUT2D eigenvalue weighted by molar-refractivity contribution is 0.173. The highest BCUT2D eigenvalue weighted by Crippen LogP contribution is 2.18. The lowest BCUT2D eigenvalue weighted by Gasteiger charge is -2.17. The lowest BCUT2D eigenvalue weighted by atomic mass is 10.2. The summed E-state index contributed by atoms with van der Waals surface area (Å²) in [6, 6.07) is 2.86. The van der Waals surface area contributed by atoms with E-state index in [0.717, 1.165) is 12.1 Å². The van der Waals surface area contributed by atoms with Gasteiger partial charge in [-0.05, 0) is 24.1 Å². The molecule has 0 saturated heterocycles. The second-order valence-corrected chi connectivity index (χ2v) is 5.77. The first-order chi connectivity index (χ1) is 8.94. The van der Waals surface area contributed by atoms with Gasteiger partial charge in [-0.2, -0.15) is 0 Å². The van der Waals surface area contributed by atoms with Gasteiger partial charge in [0.15, 0.2) is 0 Å². The molecule has 0 aromatic heterocycles. The molecule has 0 aliphatic heterocycles. The van der Waals surface area contributed by atoms with Gasteiger partial charge in [0.25, 0.3) is 0 Å². The van der Waals surface area contributed by atoms with Gasteiger partial charge in [-0.3, -0.25) is 0 Å². The Morgan fingerprint density at radius 2 is 2.16 bits per heavy atom. The number of halogens is 1. The number of hydrogen-bond acceptors (Lipinski definition) is 4. The summed E-state index contributed by atoms with van der Waals surface area (Å²) in [7, 11) is -2.42. The van der Waals surface area contributed by atoms with Crippen LogP contribution in [0.2, 0.25) is 0 Å². The van der Waals surface area contributed by atoms with E-state index in [1.807, 2.05) is 6.92 Å². The normalized spacial score (nSPS) is 13.5. The highest BCUT2D eigenvalue weighted by Gasteiger charge is 2.22. The zero-order valence-electron chi connectivity index (χ0n) is 10.9. The van der Waals surface area contributed by atoms with Crippen LogP contribution < -0.4 is 4.72 Å². The van der Waals surface area contributed by atoms with E-state index in [9.17, 15) is 12.8 Å². The van der Waals surface area contributed by atoms with Gasteiger partial charge >= 0.3 is 0 Å². The highest BCUT2D eigenvalue weighted by atomic mass is 32.2. The summed E-state index contributed by atoms with van der Waals surface area (Å²) in [5.41, 5.74) is 0.154. The molecule has 0 spiro atoms. The van der Waals surface area contributed by atoms with Gasteiger partial charge in [0, 0.05) is 13.2 Å². The SMILES string of the molecule is CCC(COC)NS(=O)(=O)c1cc(F)ccc1CO. The van der Waals surface area contributed by atoms with Crippen LogP contribution in [-0.2, 0) is 21.4 Å². The van der Waals surface area contributed by atoms with Crippen molar-refractivity contribution in [3.63, 3.8) is 0 Å². The summed E-state index contributed by atoms with van der Waals surface area (Å²) in [6.45, 7) is 1.56. The molecule has 19 heavy (non-hydrogen) atoms. The molecule has 0 aliphatic rings. The van der Waals surface area contributed by atoms with Crippen molar-refractivity contribution in [3.05, 3.63) is 29.6 Å². The van der Waals surface area contributed by atoms with Gasteiger partial charge < -0.3 is 9.84 Å². The number of nitrogens with one attached hydrogen (secondary N) is 1. The zero-order valence-corrected chi connectivity index (χ0v) is 11.7. The Bertz CT molecular complexity index is 518. The fourth-order valence-corrected chi connectivity index (χ4v) is 3.17. The lowest BCUT2D eigenvalue weighted by Crippen LogP contribution is -2.37. The minimum atomic E-state index is -3.89. The van der Waals surface area contributed by atoms with Crippen LogP contribution in [0.3, 0.4) is 0 Å². The van der Waals surface area contributed by atoms with E-state index in [-0.39, 0.29) is 17.1 Å². The molecule has 0 radical (unpaired) electrons. The predicted octanol–water partition coefficient (Wildman–Crippen LogP) is 1.02. The molecular weight excluding hydrogens is 273 g/mol. The van der Waals surface area contributed by atoms with E-state index < -0.39 is 28.5 Å². The molecular formula is C12H18FNO4S. The molecule has 0 heterocycles. The van der Waals surface area contributed by atoms with Crippen LogP contribution in [0.5, 0.6) is 0 Å². The molecule has 1 atom stereocenters. The van der Waals surface area contributed by atoms with Gasteiger partial charge in [0.2, 0.25) is 10.0 Å². The quantitative estimate of drug-likeness (QED) is 0.786. The molecule has 108 valence electrons. The summed E-state index contributed by atoms with van der Waals surface area (Å²) >= 11 is 0. The summed E-state index contributed by atoms with van der Waals surface area (Å²) in [5, 5.41) is 9.13. The minimum Gasteiger partial charge on any atom is -0.392 e. The number of sulfonamides is 1. The number of ether oxygens (including phenoxy) is 1. The number of benzene rings is 1. The van der Waals surface area contributed by atoms with E-state index in [2.05, 4.69) is 4.72 Å². The number of methoxy groups -OCH3 is 1. The third kappa shape index (κ3) is 4.24. The van der Waals surface area contributed by atoms with Crippen molar-refractivity contribution in [2.75, 3.05) is 13.7 Å². The van der Waals surface area contributed by atoms with Crippen molar-refractivity contribution < 1.29 is 22.7 Å². The zero-order chi connectivity index (χ0) is 14.5. The van der Waals surface area contributed by atoms with Gasteiger partial charge in [0.1, 0.15) is 5.82 Å².